The normalized spacial score (nSPS) is 18.8. The molecule has 0 unspecified atom stereocenters. The second kappa shape index (κ2) is 8.04. The molecule has 1 aromatic carbocycles. The fraction of sp³-hybridized carbons (Fsp3) is 0.400. The Morgan fingerprint density at radius 2 is 2.18 bits per heavy atom. The highest BCUT2D eigenvalue weighted by Gasteiger charge is 2.35. The Balaban J connectivity index is 1.39. The van der Waals surface area contributed by atoms with Crippen molar-refractivity contribution in [3.05, 3.63) is 53.7 Å². The lowest BCUT2D eigenvalue weighted by Crippen LogP contribution is -2.44. The van der Waals surface area contributed by atoms with Crippen LogP contribution < -0.4 is 5.32 Å². The number of fused-ring (bicyclic) bond motifs is 1. The Morgan fingerprint density at radius 3 is 2.96 bits per heavy atom. The maximum Gasteiger partial charge on any atom is 0.251 e. The summed E-state index contributed by atoms with van der Waals surface area (Å²) in [6, 6.07) is 9.44. The first-order valence-electron chi connectivity index (χ1n) is 9.37. The van der Waals surface area contributed by atoms with Crippen molar-refractivity contribution in [1.82, 2.24) is 25.1 Å². The van der Waals surface area contributed by atoms with Crippen LogP contribution in [0.25, 0.3) is 10.9 Å². The molecule has 1 aliphatic rings. The number of nitrogens with zero attached hydrogens (tertiary/aromatic N) is 4. The standard InChI is InChI=1S/C20H23N5O3/c1-28-8-7-25-18(12-26)23-24-19(25)15-10-16(11-15)22-20(27)14-4-5-17-13(9-14)3-2-6-21-17/h2-6,9,15-16,26H,7-8,10-12H2,1H3,(H,22,27). The molecule has 2 N–H and O–H groups in total. The first kappa shape index (κ1) is 18.5. The summed E-state index contributed by atoms with van der Waals surface area (Å²) in [5.74, 6) is 1.54. The lowest BCUT2D eigenvalue weighted by molar-refractivity contribution is 0.0906. The molecule has 0 spiro atoms. The molecule has 1 aliphatic carbocycles. The minimum atomic E-state index is -0.152. The number of aliphatic hydroxyl groups excluding tert-OH is 1. The molecule has 0 bridgehead atoms. The number of carbonyl (C=O) groups excluding carboxylic acids is 1. The zero-order chi connectivity index (χ0) is 19.5. The van der Waals surface area contributed by atoms with E-state index in [-0.39, 0.29) is 24.5 Å². The van der Waals surface area contributed by atoms with Gasteiger partial charge in [0.25, 0.3) is 5.91 Å². The van der Waals surface area contributed by atoms with E-state index >= 15 is 0 Å². The van der Waals surface area contributed by atoms with Gasteiger partial charge in [0.15, 0.2) is 5.82 Å². The number of amides is 1. The van der Waals surface area contributed by atoms with E-state index in [4.69, 9.17) is 4.74 Å². The number of nitrogens with one attached hydrogen (secondary N) is 1. The predicted octanol–water partition coefficient (Wildman–Crippen LogP) is 1.64. The Bertz CT molecular complexity index is 981. The summed E-state index contributed by atoms with van der Waals surface area (Å²) in [5, 5.41) is 21.8. The fourth-order valence-corrected chi connectivity index (χ4v) is 3.63. The molecule has 8 heteroatoms. The van der Waals surface area contributed by atoms with Gasteiger partial charge in [-0.25, -0.2) is 0 Å². The van der Waals surface area contributed by atoms with Gasteiger partial charge >= 0.3 is 0 Å². The molecule has 0 aliphatic heterocycles. The third-order valence-corrected chi connectivity index (χ3v) is 5.22. The zero-order valence-corrected chi connectivity index (χ0v) is 15.7. The zero-order valence-electron chi connectivity index (χ0n) is 15.7. The van der Waals surface area contributed by atoms with Crippen LogP contribution in [0.3, 0.4) is 0 Å². The van der Waals surface area contributed by atoms with Crippen LogP contribution in [-0.4, -0.2) is 50.5 Å². The van der Waals surface area contributed by atoms with Gasteiger partial charge in [0.1, 0.15) is 12.4 Å². The number of hydrogen-bond acceptors (Lipinski definition) is 6. The van der Waals surface area contributed by atoms with Crippen molar-refractivity contribution in [3.63, 3.8) is 0 Å². The third kappa shape index (κ3) is 3.61. The van der Waals surface area contributed by atoms with E-state index in [9.17, 15) is 9.90 Å². The smallest absolute Gasteiger partial charge is 0.251 e. The van der Waals surface area contributed by atoms with Gasteiger partial charge in [0, 0.05) is 42.8 Å². The van der Waals surface area contributed by atoms with Crippen LogP contribution in [0.4, 0.5) is 0 Å². The lowest BCUT2D eigenvalue weighted by atomic mass is 9.79. The third-order valence-electron chi connectivity index (χ3n) is 5.22. The highest BCUT2D eigenvalue weighted by atomic mass is 16.5. The largest absolute Gasteiger partial charge is 0.388 e. The summed E-state index contributed by atoms with van der Waals surface area (Å²) in [7, 11) is 1.64. The van der Waals surface area contributed by atoms with E-state index in [1.165, 1.54) is 0 Å². The van der Waals surface area contributed by atoms with Crippen LogP contribution >= 0.6 is 0 Å². The van der Waals surface area contributed by atoms with Crippen molar-refractivity contribution >= 4 is 16.8 Å². The van der Waals surface area contributed by atoms with Crippen LogP contribution in [0.5, 0.6) is 0 Å². The van der Waals surface area contributed by atoms with E-state index in [2.05, 4.69) is 20.5 Å². The SMILES string of the molecule is COCCn1c(CO)nnc1C1CC(NC(=O)c2ccc3ncccc3c2)C1. The Kier molecular flexibility index (Phi) is 5.31. The van der Waals surface area contributed by atoms with Gasteiger partial charge in [-0.15, -0.1) is 10.2 Å². The van der Waals surface area contributed by atoms with Crippen LogP contribution in [0.1, 0.15) is 40.8 Å². The minimum absolute atomic E-state index is 0.0777. The Labute approximate surface area is 162 Å². The van der Waals surface area contributed by atoms with Gasteiger partial charge in [-0.1, -0.05) is 6.07 Å². The molecule has 2 heterocycles. The molecule has 3 aromatic rings. The number of aliphatic hydroxyl groups is 1. The van der Waals surface area contributed by atoms with Crippen LogP contribution in [0, 0.1) is 0 Å². The number of ether oxygens (including phenoxy) is 1. The molecule has 28 heavy (non-hydrogen) atoms. The maximum atomic E-state index is 12.6. The molecule has 1 amide bonds. The van der Waals surface area contributed by atoms with E-state index in [1.807, 2.05) is 28.8 Å². The van der Waals surface area contributed by atoms with Gasteiger partial charge in [-0.3, -0.25) is 9.78 Å². The van der Waals surface area contributed by atoms with Gasteiger partial charge in [-0.2, -0.15) is 0 Å². The lowest BCUT2D eigenvalue weighted by Gasteiger charge is -2.35. The molecule has 1 saturated carbocycles. The van der Waals surface area contributed by atoms with E-state index in [0.717, 1.165) is 29.6 Å². The fourth-order valence-electron chi connectivity index (χ4n) is 3.63. The number of carbonyl (C=O) groups is 1. The van der Waals surface area contributed by atoms with Crippen LogP contribution in [0.15, 0.2) is 36.5 Å². The van der Waals surface area contributed by atoms with Crippen molar-refractivity contribution in [2.45, 2.75) is 38.0 Å². The number of methoxy groups -OCH3 is 1. The molecule has 8 nitrogen and oxygen atoms in total. The highest BCUT2D eigenvalue weighted by molar-refractivity contribution is 5.98. The summed E-state index contributed by atoms with van der Waals surface area (Å²) in [6.07, 6.45) is 3.35. The van der Waals surface area contributed by atoms with Crippen LogP contribution in [-0.2, 0) is 17.9 Å². The molecule has 0 radical (unpaired) electrons. The molecule has 4 rings (SSSR count). The van der Waals surface area contributed by atoms with E-state index < -0.39 is 0 Å². The molecule has 0 saturated heterocycles. The second-order valence-electron chi connectivity index (χ2n) is 7.03. The Hall–Kier alpha value is -2.84. The highest BCUT2D eigenvalue weighted by Crippen LogP contribution is 2.36. The number of hydrogen-bond donors (Lipinski definition) is 2. The molecule has 146 valence electrons. The predicted molar refractivity (Wildman–Crippen MR) is 103 cm³/mol. The van der Waals surface area contributed by atoms with Crippen molar-refractivity contribution in [3.8, 4) is 0 Å². The second-order valence-corrected chi connectivity index (χ2v) is 7.03. The molecule has 2 aromatic heterocycles. The number of aromatic nitrogens is 4. The summed E-state index contributed by atoms with van der Waals surface area (Å²) in [4.78, 5) is 16.9. The van der Waals surface area contributed by atoms with Crippen molar-refractivity contribution in [2.24, 2.45) is 0 Å². The topological polar surface area (TPSA) is 102 Å². The quantitative estimate of drug-likeness (QED) is 0.645. The summed E-state index contributed by atoms with van der Waals surface area (Å²) in [5.41, 5.74) is 1.51. The van der Waals surface area contributed by atoms with Gasteiger partial charge < -0.3 is 19.7 Å². The first-order chi connectivity index (χ1) is 13.7. The number of pyridine rings is 1. The van der Waals surface area contributed by atoms with E-state index in [1.54, 1.807) is 19.4 Å². The average Bonchev–Trinajstić information content (AvgIpc) is 3.10. The first-order valence-corrected chi connectivity index (χ1v) is 9.37. The van der Waals surface area contributed by atoms with Gasteiger partial charge in [0.05, 0.1) is 12.1 Å². The van der Waals surface area contributed by atoms with E-state index in [0.29, 0.717) is 24.5 Å². The van der Waals surface area contributed by atoms with Crippen molar-refractivity contribution in [1.29, 1.82) is 0 Å². The van der Waals surface area contributed by atoms with Crippen molar-refractivity contribution in [2.75, 3.05) is 13.7 Å². The molecular formula is C20H23N5O3. The Morgan fingerprint density at radius 1 is 1.32 bits per heavy atom. The number of rotatable bonds is 7. The average molecular weight is 381 g/mol. The number of benzene rings is 1. The summed E-state index contributed by atoms with van der Waals surface area (Å²) < 4.78 is 7.05. The molecule has 1 fully saturated rings. The minimum Gasteiger partial charge on any atom is -0.388 e. The monoisotopic (exact) mass is 381 g/mol. The van der Waals surface area contributed by atoms with Crippen LogP contribution in [0.2, 0.25) is 0 Å². The summed E-state index contributed by atoms with van der Waals surface area (Å²) in [6.45, 7) is 0.982. The maximum absolute atomic E-state index is 12.6. The van der Waals surface area contributed by atoms with Gasteiger partial charge in [0.2, 0.25) is 0 Å². The van der Waals surface area contributed by atoms with Crippen molar-refractivity contribution < 1.29 is 14.6 Å². The summed E-state index contributed by atoms with van der Waals surface area (Å²) >= 11 is 0. The van der Waals surface area contributed by atoms with Gasteiger partial charge in [-0.05, 0) is 37.1 Å². The molecule has 0 atom stereocenters. The molecular weight excluding hydrogens is 358 g/mol.